The van der Waals surface area contributed by atoms with Gasteiger partial charge in [-0.2, -0.15) is 0 Å². The Morgan fingerprint density at radius 1 is 0.500 bits per heavy atom. The number of nitrogens with one attached hydrogen (secondary N) is 3. The monoisotopic (exact) mass is 1080 g/mol. The number of furan rings is 2. The van der Waals surface area contributed by atoms with Crippen molar-refractivity contribution in [1.29, 1.82) is 0 Å². The van der Waals surface area contributed by atoms with Crippen molar-refractivity contribution in [3.63, 3.8) is 0 Å². The predicted octanol–water partition coefficient (Wildman–Crippen LogP) is 12.2. The Balaban J connectivity index is 0.000000286. The lowest BCUT2D eigenvalue weighted by Crippen LogP contribution is -2.35. The maximum atomic E-state index is 12.7. The average molecular weight is 1090 g/mol. The van der Waals surface area contributed by atoms with Gasteiger partial charge >= 0.3 is 30.6 Å². The number of isocyanates is 1. The molecule has 0 radical (unpaired) electrons. The van der Waals surface area contributed by atoms with E-state index in [0.29, 0.717) is 52.9 Å². The number of hydrogen-bond donors (Lipinski definition) is 4. The summed E-state index contributed by atoms with van der Waals surface area (Å²) in [6, 6.07) is 16.5. The van der Waals surface area contributed by atoms with Crippen LogP contribution in [0.5, 0.6) is 23.0 Å². The fourth-order valence-corrected chi connectivity index (χ4v) is 6.76. The number of ether oxygens (including phenoxy) is 7. The van der Waals surface area contributed by atoms with Crippen molar-refractivity contribution in [2.24, 2.45) is 4.99 Å². The minimum Gasteiger partial charge on any atom is -0.504 e. The minimum atomic E-state index is -0.939. The molecule has 0 bridgehead atoms. The number of Topliss-reactive ketones (excluding diaryl/α,β-unsaturated/α-hetero) is 2. The van der Waals surface area contributed by atoms with Crippen molar-refractivity contribution in [2.75, 3.05) is 26.2 Å². The van der Waals surface area contributed by atoms with Gasteiger partial charge in [0.1, 0.15) is 22.4 Å². The Hall–Kier alpha value is -8.65. The van der Waals surface area contributed by atoms with Crippen molar-refractivity contribution >= 4 is 91.7 Å². The number of phenols is 1. The van der Waals surface area contributed by atoms with Crippen LogP contribution in [0.4, 0.5) is 24.0 Å². The Labute approximate surface area is 450 Å². The molecule has 0 spiro atoms. The van der Waals surface area contributed by atoms with Gasteiger partial charge in [-0.1, -0.05) is 48.5 Å². The number of amides is 3. The first-order chi connectivity index (χ1) is 36.3. The third-order valence-electron chi connectivity index (χ3n) is 9.73. The van der Waals surface area contributed by atoms with E-state index < -0.39 is 53.0 Å². The molecule has 2 heterocycles. The third-order valence-corrected chi connectivity index (χ3v) is 9.73. The molecule has 420 valence electrons. The van der Waals surface area contributed by atoms with Gasteiger partial charge in [0, 0.05) is 55.0 Å². The fourth-order valence-electron chi connectivity index (χ4n) is 6.76. The van der Waals surface area contributed by atoms with Gasteiger partial charge < -0.3 is 63.0 Å². The first-order valence-corrected chi connectivity index (χ1v) is 24.7. The number of ketones is 2. The first-order valence-electron chi connectivity index (χ1n) is 24.7. The number of aliphatic imine (C=N–C) groups is 1. The molecule has 3 amide bonds. The van der Waals surface area contributed by atoms with Gasteiger partial charge in [0.25, 0.3) is 0 Å². The normalized spacial score (nSPS) is 11.4. The van der Waals surface area contributed by atoms with Crippen LogP contribution in [0.3, 0.4) is 0 Å². The highest BCUT2D eigenvalue weighted by Crippen LogP contribution is 2.46. The molecule has 0 fully saturated rings. The van der Waals surface area contributed by atoms with Crippen molar-refractivity contribution in [2.45, 2.75) is 132 Å². The molecular weight excluding hydrogens is 1020 g/mol. The molecular formula is C56H68N4O18. The largest absolute Gasteiger partial charge is 0.514 e. The Kier molecular flexibility index (Phi) is 21.0. The SMILES string of the molecule is CC(=O)c1cc2c(OC(=O)OC(C)(C)C)c3ccccc3c(O)c2o1.CC(=O)c1cc2c(OC(=O)OC(C)(C)C)c3ccccc3c(OC(=O)NCCCNC(=O)OC(C)(C)C)c2o1.CC(C)(C)OC(=O)NCCCN=C=O. The number of rotatable bonds is 13. The summed E-state index contributed by atoms with van der Waals surface area (Å²) in [6.07, 6.45) is -1.15. The molecule has 0 aliphatic carbocycles. The number of carbonyl (C=O) groups is 7. The lowest BCUT2D eigenvalue weighted by molar-refractivity contribution is 0.0199. The van der Waals surface area contributed by atoms with Crippen LogP contribution in [0, 0.1) is 0 Å². The van der Waals surface area contributed by atoms with E-state index in [1.54, 1.807) is 132 Å². The van der Waals surface area contributed by atoms with E-state index in [-0.39, 0.29) is 75.7 Å². The fraction of sp³-hybridized carbons (Fsp3) is 0.429. The number of phenolic OH excluding ortho intramolecular Hbond substituents is 1. The zero-order valence-corrected chi connectivity index (χ0v) is 46.4. The highest BCUT2D eigenvalue weighted by molar-refractivity contribution is 6.13. The number of alkyl carbamates (subject to hydrolysis) is 2. The summed E-state index contributed by atoms with van der Waals surface area (Å²) in [5.74, 6) is -0.402. The number of nitrogens with zero attached hydrogens (tertiary/aromatic N) is 1. The summed E-state index contributed by atoms with van der Waals surface area (Å²) >= 11 is 0. The van der Waals surface area contributed by atoms with Crippen molar-refractivity contribution in [3.05, 3.63) is 72.2 Å². The highest BCUT2D eigenvalue weighted by Gasteiger charge is 2.28. The Morgan fingerprint density at radius 3 is 1.29 bits per heavy atom. The summed E-state index contributed by atoms with van der Waals surface area (Å²) in [5, 5.41) is 20.6. The topological polar surface area (TPSA) is 296 Å². The number of hydrogen-bond acceptors (Lipinski definition) is 19. The smallest absolute Gasteiger partial charge is 0.504 e. The van der Waals surface area contributed by atoms with Crippen molar-refractivity contribution < 1.29 is 85.5 Å². The number of fused-ring (bicyclic) bond motifs is 4. The van der Waals surface area contributed by atoms with Crippen LogP contribution in [0.2, 0.25) is 0 Å². The van der Waals surface area contributed by atoms with Crippen LogP contribution in [-0.2, 0) is 23.7 Å². The summed E-state index contributed by atoms with van der Waals surface area (Å²) < 4.78 is 48.5. The van der Waals surface area contributed by atoms with Crippen LogP contribution in [-0.4, -0.2) is 102 Å². The zero-order chi connectivity index (χ0) is 58.3. The molecule has 2 aromatic heterocycles. The van der Waals surface area contributed by atoms with Crippen LogP contribution >= 0.6 is 0 Å². The maximum absolute atomic E-state index is 12.7. The van der Waals surface area contributed by atoms with Gasteiger partial charge in [0.15, 0.2) is 57.3 Å². The molecule has 4 aromatic carbocycles. The van der Waals surface area contributed by atoms with Gasteiger partial charge in [0.05, 0.1) is 17.3 Å². The van der Waals surface area contributed by atoms with Crippen LogP contribution < -0.4 is 30.2 Å². The van der Waals surface area contributed by atoms with Gasteiger partial charge in [-0.05, 0) is 108 Å². The molecule has 0 saturated heterocycles. The second kappa shape index (κ2) is 26.4. The standard InChI is InChI=1S/C28H34N2O9.C19H18O6.C9H16N2O3/c1-16(31)20-15-19-21(37-26(34)39-28(5,6)7)17-11-8-9-12-18(17)22(23(19)35-20)36-24(32)29-13-10-14-30-25(33)38-27(2,3)4;1-10(20)14-9-13-16(24-18(22)25-19(2,3)4)12-8-6-5-7-11(12)15(21)17(13)23-14;1-9(2,3)14-8(13)11-6-4-5-10-7-12/h8-9,11-12,15H,10,13-14H2,1-7H3,(H,29,32)(H,30,33);5-9,21H,1-4H3;4-6H2,1-3H3,(H,11,13). The highest BCUT2D eigenvalue weighted by atomic mass is 16.7. The number of aromatic hydroxyl groups is 1. The zero-order valence-electron chi connectivity index (χ0n) is 46.4. The van der Waals surface area contributed by atoms with E-state index in [0.717, 1.165) is 0 Å². The van der Waals surface area contributed by atoms with E-state index >= 15 is 0 Å². The van der Waals surface area contributed by atoms with Crippen LogP contribution in [0.25, 0.3) is 43.5 Å². The van der Waals surface area contributed by atoms with E-state index in [9.17, 15) is 43.5 Å². The van der Waals surface area contributed by atoms with Gasteiger partial charge in [-0.3, -0.25) is 9.59 Å². The number of benzene rings is 4. The summed E-state index contributed by atoms with van der Waals surface area (Å²) in [7, 11) is 0. The van der Waals surface area contributed by atoms with Crippen LogP contribution in [0.15, 0.2) is 74.5 Å². The van der Waals surface area contributed by atoms with Crippen LogP contribution in [0.1, 0.15) is 131 Å². The van der Waals surface area contributed by atoms with Crippen molar-refractivity contribution in [1.82, 2.24) is 16.0 Å². The average Bonchev–Trinajstić information content (AvgIpc) is 3.99. The second-order valence-corrected chi connectivity index (χ2v) is 21.2. The van der Waals surface area contributed by atoms with Crippen molar-refractivity contribution in [3.8, 4) is 23.0 Å². The molecule has 78 heavy (non-hydrogen) atoms. The molecule has 0 saturated carbocycles. The minimum absolute atomic E-state index is 0.00665. The summed E-state index contributed by atoms with van der Waals surface area (Å²) in [4.78, 5) is 96.9. The Bertz CT molecular complexity index is 3210. The molecule has 22 heteroatoms. The quantitative estimate of drug-likeness (QED) is 0.0159. The third kappa shape index (κ3) is 19.2. The lowest BCUT2D eigenvalue weighted by Gasteiger charge is -2.20. The first kappa shape index (κ1) is 61.9. The number of carbonyl (C=O) groups excluding carboxylic acids is 8. The molecule has 22 nitrogen and oxygen atoms in total. The van der Waals surface area contributed by atoms with E-state index in [4.69, 9.17) is 42.0 Å². The molecule has 0 aliphatic heterocycles. The van der Waals surface area contributed by atoms with Gasteiger partial charge in [-0.15, -0.1) is 0 Å². The van der Waals surface area contributed by atoms with Gasteiger partial charge in [-0.25, -0.2) is 33.8 Å². The molecule has 0 atom stereocenters. The van der Waals surface area contributed by atoms with E-state index in [2.05, 4.69) is 20.9 Å². The molecule has 6 aromatic rings. The maximum Gasteiger partial charge on any atom is 0.514 e. The lowest BCUT2D eigenvalue weighted by atomic mass is 10.1. The van der Waals surface area contributed by atoms with Gasteiger partial charge in [0.2, 0.25) is 6.08 Å². The van der Waals surface area contributed by atoms with E-state index in [1.165, 1.54) is 32.1 Å². The second-order valence-electron chi connectivity index (χ2n) is 21.2. The Morgan fingerprint density at radius 2 is 0.872 bits per heavy atom. The molecule has 0 unspecified atom stereocenters. The summed E-state index contributed by atoms with van der Waals surface area (Å²) in [5.41, 5.74) is -2.46. The summed E-state index contributed by atoms with van der Waals surface area (Å²) in [6.45, 7) is 24.9. The molecule has 4 N–H and O–H groups in total. The van der Waals surface area contributed by atoms with E-state index in [1.807, 2.05) is 0 Å². The molecule has 0 aliphatic rings. The molecule has 6 rings (SSSR count). The predicted molar refractivity (Wildman–Crippen MR) is 288 cm³/mol.